The first-order valence-corrected chi connectivity index (χ1v) is 7.59. The van der Waals surface area contributed by atoms with Crippen LogP contribution in [0.4, 0.5) is 0 Å². The van der Waals surface area contributed by atoms with E-state index in [2.05, 4.69) is 32.3 Å². The molecule has 1 N–H and O–H groups in total. The number of benzene rings is 1. The summed E-state index contributed by atoms with van der Waals surface area (Å²) in [6, 6.07) is 11.7. The molecule has 0 aliphatic rings. The van der Waals surface area contributed by atoms with E-state index in [0.29, 0.717) is 5.88 Å². The third-order valence-corrected chi connectivity index (χ3v) is 3.56. The number of halogens is 1. The van der Waals surface area contributed by atoms with Crippen LogP contribution in [0.3, 0.4) is 0 Å². The number of methoxy groups -OCH3 is 1. The van der Waals surface area contributed by atoms with Gasteiger partial charge in [0.05, 0.1) is 11.6 Å². The van der Waals surface area contributed by atoms with Gasteiger partial charge in [0.25, 0.3) is 0 Å². The van der Waals surface area contributed by atoms with Gasteiger partial charge in [0, 0.05) is 25.4 Å². The van der Waals surface area contributed by atoms with Crippen LogP contribution in [0.1, 0.15) is 12.5 Å². The maximum Gasteiger partial charge on any atom is 0.213 e. The van der Waals surface area contributed by atoms with Crippen molar-refractivity contribution in [1.82, 2.24) is 10.3 Å². The van der Waals surface area contributed by atoms with E-state index in [4.69, 9.17) is 9.47 Å². The molecule has 0 saturated heterocycles. The summed E-state index contributed by atoms with van der Waals surface area (Å²) in [4.78, 5) is 4.15. The van der Waals surface area contributed by atoms with Gasteiger partial charge in [-0.05, 0) is 46.6 Å². The molecule has 0 spiro atoms. The summed E-state index contributed by atoms with van der Waals surface area (Å²) in [5.41, 5.74) is 1.19. The van der Waals surface area contributed by atoms with E-state index in [1.54, 1.807) is 13.3 Å². The minimum absolute atomic E-state index is 0.0570. The van der Waals surface area contributed by atoms with E-state index < -0.39 is 0 Å². The lowest BCUT2D eigenvalue weighted by Crippen LogP contribution is -2.28. The van der Waals surface area contributed by atoms with Crippen LogP contribution in [0, 0.1) is 0 Å². The van der Waals surface area contributed by atoms with Crippen molar-refractivity contribution in [3.63, 3.8) is 0 Å². The quantitative estimate of drug-likeness (QED) is 0.830. The number of rotatable bonds is 7. The third-order valence-electron chi connectivity index (χ3n) is 2.94. The lowest BCUT2D eigenvalue weighted by Gasteiger charge is -2.15. The average Bonchev–Trinajstić information content (AvgIpc) is 2.48. The monoisotopic (exact) mass is 350 g/mol. The minimum atomic E-state index is 0.0570. The maximum absolute atomic E-state index is 5.71. The summed E-state index contributed by atoms with van der Waals surface area (Å²) >= 11 is 3.49. The number of ether oxygens (including phenoxy) is 2. The molecular formula is C16H19BrN2O2. The zero-order valence-electron chi connectivity index (χ0n) is 12.2. The molecule has 0 radical (unpaired) electrons. The Kier molecular flexibility index (Phi) is 6.02. The molecule has 4 nitrogen and oxygen atoms in total. The first kappa shape index (κ1) is 15.8. The summed E-state index contributed by atoms with van der Waals surface area (Å²) in [5, 5.41) is 3.37. The van der Waals surface area contributed by atoms with E-state index >= 15 is 0 Å². The van der Waals surface area contributed by atoms with Gasteiger partial charge in [-0.1, -0.05) is 12.1 Å². The number of aromatic nitrogens is 1. The molecule has 1 atom stereocenters. The molecule has 5 heteroatoms. The highest BCUT2D eigenvalue weighted by molar-refractivity contribution is 9.10. The molecule has 0 aliphatic heterocycles. The first-order chi connectivity index (χ1) is 10.2. The molecule has 2 aromatic rings. The Morgan fingerprint density at radius 2 is 2.14 bits per heavy atom. The van der Waals surface area contributed by atoms with Gasteiger partial charge in [0.1, 0.15) is 11.9 Å². The number of nitrogens with zero attached hydrogens (tertiary/aromatic N) is 1. The second kappa shape index (κ2) is 8.00. The van der Waals surface area contributed by atoms with Crippen molar-refractivity contribution in [3.8, 4) is 11.6 Å². The predicted molar refractivity (Wildman–Crippen MR) is 86.7 cm³/mol. The van der Waals surface area contributed by atoms with Crippen molar-refractivity contribution in [2.75, 3.05) is 13.7 Å². The molecule has 0 unspecified atom stereocenters. The Labute approximate surface area is 133 Å². The topological polar surface area (TPSA) is 43.4 Å². The molecule has 2 rings (SSSR count). The smallest absolute Gasteiger partial charge is 0.213 e. The van der Waals surface area contributed by atoms with Crippen LogP contribution in [0.2, 0.25) is 0 Å². The Hall–Kier alpha value is -1.59. The molecule has 21 heavy (non-hydrogen) atoms. The SMILES string of the molecule is COc1ccc(CNC[C@H](C)Oc2ccccn2)cc1Br. The van der Waals surface area contributed by atoms with E-state index in [9.17, 15) is 0 Å². The standard InChI is InChI=1S/C16H19BrN2O2/c1-12(21-16-5-3-4-8-19-16)10-18-11-13-6-7-15(20-2)14(17)9-13/h3-9,12,18H,10-11H2,1-2H3/t12-/m0/s1. The Bertz CT molecular complexity index is 563. The molecule has 112 valence electrons. The predicted octanol–water partition coefficient (Wildman–Crippen LogP) is 3.41. The summed E-state index contributed by atoms with van der Waals surface area (Å²) < 4.78 is 11.9. The molecule has 0 fully saturated rings. The van der Waals surface area contributed by atoms with Crippen LogP contribution in [0.5, 0.6) is 11.6 Å². The number of hydrogen-bond donors (Lipinski definition) is 1. The van der Waals surface area contributed by atoms with Crippen molar-refractivity contribution < 1.29 is 9.47 Å². The van der Waals surface area contributed by atoms with Gasteiger partial charge < -0.3 is 14.8 Å². The van der Waals surface area contributed by atoms with Crippen molar-refractivity contribution in [1.29, 1.82) is 0 Å². The van der Waals surface area contributed by atoms with Crippen LogP contribution in [-0.2, 0) is 6.54 Å². The summed E-state index contributed by atoms with van der Waals surface area (Å²) in [6.07, 6.45) is 1.78. The minimum Gasteiger partial charge on any atom is -0.496 e. The molecule has 0 bridgehead atoms. The summed E-state index contributed by atoms with van der Waals surface area (Å²) in [7, 11) is 1.66. The fourth-order valence-corrected chi connectivity index (χ4v) is 2.49. The van der Waals surface area contributed by atoms with Crippen molar-refractivity contribution in [2.24, 2.45) is 0 Å². The zero-order chi connectivity index (χ0) is 15.1. The fraction of sp³-hybridized carbons (Fsp3) is 0.312. The lowest BCUT2D eigenvalue weighted by atomic mass is 10.2. The van der Waals surface area contributed by atoms with Gasteiger partial charge in [-0.25, -0.2) is 4.98 Å². The molecule has 1 aromatic carbocycles. The molecule has 0 aliphatic carbocycles. The number of pyridine rings is 1. The van der Waals surface area contributed by atoms with Crippen LogP contribution in [-0.4, -0.2) is 24.7 Å². The summed E-state index contributed by atoms with van der Waals surface area (Å²) in [5.74, 6) is 1.49. The maximum atomic E-state index is 5.71. The Morgan fingerprint density at radius 1 is 1.29 bits per heavy atom. The van der Waals surface area contributed by atoms with Crippen molar-refractivity contribution >= 4 is 15.9 Å². The molecule has 1 heterocycles. The van der Waals surface area contributed by atoms with E-state index in [0.717, 1.165) is 23.3 Å². The number of hydrogen-bond acceptors (Lipinski definition) is 4. The van der Waals surface area contributed by atoms with Gasteiger partial charge in [-0.3, -0.25) is 0 Å². The normalized spacial score (nSPS) is 12.0. The van der Waals surface area contributed by atoms with Crippen LogP contribution >= 0.6 is 15.9 Å². The van der Waals surface area contributed by atoms with Crippen molar-refractivity contribution in [2.45, 2.75) is 19.6 Å². The number of nitrogens with one attached hydrogen (secondary N) is 1. The Balaban J connectivity index is 1.77. The summed E-state index contributed by atoms with van der Waals surface area (Å²) in [6.45, 7) is 3.55. The highest BCUT2D eigenvalue weighted by Crippen LogP contribution is 2.25. The first-order valence-electron chi connectivity index (χ1n) is 6.80. The highest BCUT2D eigenvalue weighted by Gasteiger charge is 2.05. The van der Waals surface area contributed by atoms with Gasteiger partial charge in [-0.2, -0.15) is 0 Å². The van der Waals surface area contributed by atoms with E-state index in [1.165, 1.54) is 5.56 Å². The van der Waals surface area contributed by atoms with Crippen molar-refractivity contribution in [3.05, 3.63) is 52.6 Å². The molecule has 1 aromatic heterocycles. The largest absolute Gasteiger partial charge is 0.496 e. The second-order valence-corrected chi connectivity index (χ2v) is 5.55. The van der Waals surface area contributed by atoms with Gasteiger partial charge >= 0.3 is 0 Å². The second-order valence-electron chi connectivity index (χ2n) is 4.70. The van der Waals surface area contributed by atoms with Gasteiger partial charge in [-0.15, -0.1) is 0 Å². The fourth-order valence-electron chi connectivity index (χ4n) is 1.90. The molecular weight excluding hydrogens is 332 g/mol. The molecule has 0 amide bonds. The highest BCUT2D eigenvalue weighted by atomic mass is 79.9. The average molecular weight is 351 g/mol. The Morgan fingerprint density at radius 3 is 2.81 bits per heavy atom. The molecule has 0 saturated carbocycles. The van der Waals surface area contributed by atoms with Crippen LogP contribution in [0.15, 0.2) is 47.1 Å². The third kappa shape index (κ3) is 5.02. The van der Waals surface area contributed by atoms with Gasteiger partial charge in [0.15, 0.2) is 0 Å². The van der Waals surface area contributed by atoms with E-state index in [-0.39, 0.29) is 6.10 Å². The van der Waals surface area contributed by atoms with Crippen LogP contribution < -0.4 is 14.8 Å². The lowest BCUT2D eigenvalue weighted by molar-refractivity contribution is 0.208. The van der Waals surface area contributed by atoms with Crippen LogP contribution in [0.25, 0.3) is 0 Å². The van der Waals surface area contributed by atoms with E-state index in [1.807, 2.05) is 37.3 Å². The van der Waals surface area contributed by atoms with Gasteiger partial charge in [0.2, 0.25) is 5.88 Å². The zero-order valence-corrected chi connectivity index (χ0v) is 13.8.